The second-order valence-electron chi connectivity index (χ2n) is 9.06. The summed E-state index contributed by atoms with van der Waals surface area (Å²) in [6, 6.07) is 14.7. The van der Waals surface area contributed by atoms with Crippen molar-refractivity contribution in [1.82, 2.24) is 20.2 Å². The highest BCUT2D eigenvalue weighted by Gasteiger charge is 2.54. The van der Waals surface area contributed by atoms with E-state index >= 15 is 0 Å². The number of hydrogen-bond acceptors (Lipinski definition) is 6. The Bertz CT molecular complexity index is 1360. The predicted molar refractivity (Wildman–Crippen MR) is 126 cm³/mol. The van der Waals surface area contributed by atoms with Gasteiger partial charge in [0.25, 0.3) is 5.91 Å². The third-order valence-electron chi connectivity index (χ3n) is 7.06. The molecule has 4 amide bonds. The number of amides is 4. The van der Waals surface area contributed by atoms with Crippen LogP contribution in [-0.4, -0.2) is 59.4 Å². The minimum atomic E-state index is -1.10. The maximum absolute atomic E-state index is 13.6. The number of nitrogens with zero attached hydrogens (tertiary/aromatic N) is 5. The summed E-state index contributed by atoms with van der Waals surface area (Å²) in [5.41, 5.74) is 2.22. The number of aromatic nitrogens is 2. The number of anilines is 2. The van der Waals surface area contributed by atoms with Crippen LogP contribution < -0.4 is 15.1 Å². The van der Waals surface area contributed by atoms with Crippen LogP contribution in [0.4, 0.5) is 16.4 Å². The summed E-state index contributed by atoms with van der Waals surface area (Å²) in [6.07, 6.45) is 2.18. The number of aryl methyl sites for hydroxylation is 1. The average molecular weight is 457 g/mol. The van der Waals surface area contributed by atoms with Crippen molar-refractivity contribution in [3.63, 3.8) is 0 Å². The van der Waals surface area contributed by atoms with Crippen LogP contribution in [0, 0.1) is 0 Å². The van der Waals surface area contributed by atoms with Crippen LogP contribution >= 0.6 is 0 Å². The number of rotatable bonds is 2. The Morgan fingerprint density at radius 1 is 1.00 bits per heavy atom. The molecule has 1 spiro atoms. The molecule has 2 aromatic carbocycles. The van der Waals surface area contributed by atoms with Gasteiger partial charge in [0.1, 0.15) is 12.1 Å². The molecule has 1 N–H and O–H groups in total. The zero-order valence-electron chi connectivity index (χ0n) is 18.8. The van der Waals surface area contributed by atoms with E-state index in [2.05, 4.69) is 5.32 Å². The van der Waals surface area contributed by atoms with E-state index in [1.807, 2.05) is 60.5 Å². The van der Waals surface area contributed by atoms with Gasteiger partial charge >= 0.3 is 6.03 Å². The Balaban J connectivity index is 1.31. The van der Waals surface area contributed by atoms with Crippen molar-refractivity contribution in [2.75, 3.05) is 36.5 Å². The number of carbonyl (C=O) groups is 3. The first-order valence-corrected chi connectivity index (χ1v) is 11.5. The fourth-order valence-electron chi connectivity index (χ4n) is 5.30. The Morgan fingerprint density at radius 3 is 2.50 bits per heavy atom. The van der Waals surface area contributed by atoms with Crippen LogP contribution in [0.5, 0.6) is 0 Å². The Morgan fingerprint density at radius 2 is 1.71 bits per heavy atom. The van der Waals surface area contributed by atoms with E-state index in [1.54, 1.807) is 0 Å². The molecule has 1 saturated heterocycles. The van der Waals surface area contributed by atoms with E-state index in [-0.39, 0.29) is 18.4 Å². The summed E-state index contributed by atoms with van der Waals surface area (Å²) in [4.78, 5) is 53.9. The van der Waals surface area contributed by atoms with E-state index in [9.17, 15) is 14.4 Å². The van der Waals surface area contributed by atoms with E-state index in [4.69, 9.17) is 9.97 Å². The predicted octanol–water partition coefficient (Wildman–Crippen LogP) is 2.20. The SMILES string of the molecule is CN1CCN(C(=O)CN2C(=O)NC3(CCCc4ccccc43)C2=O)c2nc3ccccc3nc21. The van der Waals surface area contributed by atoms with Crippen LogP contribution in [0.3, 0.4) is 0 Å². The van der Waals surface area contributed by atoms with Gasteiger partial charge in [0.15, 0.2) is 11.6 Å². The smallest absolute Gasteiger partial charge is 0.325 e. The lowest BCUT2D eigenvalue weighted by Crippen LogP contribution is -2.50. The number of hydrogen-bond donors (Lipinski definition) is 1. The minimum Gasteiger partial charge on any atom is -0.355 e. The molecule has 0 bridgehead atoms. The number of imide groups is 1. The zero-order chi connectivity index (χ0) is 23.4. The largest absolute Gasteiger partial charge is 0.355 e. The summed E-state index contributed by atoms with van der Waals surface area (Å²) in [5.74, 6) is 0.330. The maximum Gasteiger partial charge on any atom is 0.325 e. The minimum absolute atomic E-state index is 0.341. The maximum atomic E-state index is 13.6. The Labute approximate surface area is 196 Å². The standard InChI is InChI=1S/C25H24N6O3/c1-29-13-14-30(22-21(29)26-18-10-4-5-11-19(18)27-22)20(32)15-31-23(33)25(28-24(31)34)12-6-8-16-7-2-3-9-17(16)25/h2-5,7,9-11H,6,8,12-15H2,1H3,(H,28,34). The molecule has 1 unspecified atom stereocenters. The molecule has 172 valence electrons. The molecule has 3 aliphatic rings. The van der Waals surface area contributed by atoms with Crippen molar-refractivity contribution in [3.8, 4) is 0 Å². The highest BCUT2D eigenvalue weighted by atomic mass is 16.2. The normalized spacial score (nSPS) is 21.6. The lowest BCUT2D eigenvalue weighted by atomic mass is 9.76. The molecule has 2 aliphatic heterocycles. The highest BCUT2D eigenvalue weighted by molar-refractivity contribution is 6.11. The van der Waals surface area contributed by atoms with Crippen LogP contribution in [0.15, 0.2) is 48.5 Å². The van der Waals surface area contributed by atoms with Crippen molar-refractivity contribution < 1.29 is 14.4 Å². The van der Waals surface area contributed by atoms with Gasteiger partial charge in [0.2, 0.25) is 5.91 Å². The highest BCUT2D eigenvalue weighted by Crippen LogP contribution is 2.40. The Kier molecular flexibility index (Phi) is 4.55. The van der Waals surface area contributed by atoms with Gasteiger partial charge in [-0.3, -0.25) is 19.4 Å². The fraction of sp³-hybridized carbons (Fsp3) is 0.320. The van der Waals surface area contributed by atoms with Gasteiger partial charge in [-0.2, -0.15) is 0 Å². The first-order valence-electron chi connectivity index (χ1n) is 11.5. The molecule has 3 heterocycles. The number of fused-ring (bicyclic) bond motifs is 4. The molecule has 0 saturated carbocycles. The van der Waals surface area contributed by atoms with Crippen LogP contribution in [0.1, 0.15) is 24.0 Å². The fourth-order valence-corrected chi connectivity index (χ4v) is 5.30. The molecule has 1 fully saturated rings. The van der Waals surface area contributed by atoms with Gasteiger partial charge in [-0.25, -0.2) is 14.8 Å². The topological polar surface area (TPSA) is 98.7 Å². The number of nitrogens with one attached hydrogen (secondary N) is 1. The molecule has 1 aromatic heterocycles. The number of benzene rings is 2. The van der Waals surface area contributed by atoms with Crippen LogP contribution in [0.25, 0.3) is 11.0 Å². The summed E-state index contributed by atoms with van der Waals surface area (Å²) < 4.78 is 0. The molecule has 3 aromatic rings. The van der Waals surface area contributed by atoms with Gasteiger partial charge in [-0.1, -0.05) is 36.4 Å². The first kappa shape index (κ1) is 20.6. The first-order chi connectivity index (χ1) is 16.5. The van der Waals surface area contributed by atoms with Gasteiger partial charge < -0.3 is 10.2 Å². The van der Waals surface area contributed by atoms with Crippen molar-refractivity contribution in [2.45, 2.75) is 24.8 Å². The van der Waals surface area contributed by atoms with Crippen molar-refractivity contribution in [1.29, 1.82) is 0 Å². The van der Waals surface area contributed by atoms with Crippen LogP contribution in [-0.2, 0) is 21.5 Å². The average Bonchev–Trinajstić information content (AvgIpc) is 3.08. The quantitative estimate of drug-likeness (QED) is 0.594. The molecule has 34 heavy (non-hydrogen) atoms. The van der Waals surface area contributed by atoms with E-state index in [1.165, 1.54) is 4.90 Å². The zero-order valence-corrected chi connectivity index (χ0v) is 18.8. The molecule has 1 atom stereocenters. The third-order valence-corrected chi connectivity index (χ3v) is 7.06. The van der Waals surface area contributed by atoms with Gasteiger partial charge in [-0.15, -0.1) is 0 Å². The number of urea groups is 1. The third kappa shape index (κ3) is 2.96. The molecular weight excluding hydrogens is 432 g/mol. The van der Waals surface area contributed by atoms with Crippen LogP contribution in [0.2, 0.25) is 0 Å². The summed E-state index contributed by atoms with van der Waals surface area (Å²) in [5, 5.41) is 2.91. The van der Waals surface area contributed by atoms with Gasteiger partial charge in [-0.05, 0) is 42.5 Å². The Hall–Kier alpha value is -4.01. The van der Waals surface area contributed by atoms with E-state index in [0.29, 0.717) is 36.7 Å². The lowest BCUT2D eigenvalue weighted by Gasteiger charge is -2.35. The number of carbonyl (C=O) groups excluding carboxylic acids is 3. The molecule has 1 aliphatic carbocycles. The van der Waals surface area contributed by atoms with Crippen molar-refractivity contribution in [2.24, 2.45) is 0 Å². The van der Waals surface area contributed by atoms with Crippen molar-refractivity contribution in [3.05, 3.63) is 59.7 Å². The molecule has 9 heteroatoms. The van der Waals surface area contributed by atoms with Gasteiger partial charge in [0, 0.05) is 20.1 Å². The summed E-state index contributed by atoms with van der Waals surface area (Å²) >= 11 is 0. The summed E-state index contributed by atoms with van der Waals surface area (Å²) in [7, 11) is 1.91. The molecule has 9 nitrogen and oxygen atoms in total. The molecular formula is C25H24N6O3. The molecule has 6 rings (SSSR count). The summed E-state index contributed by atoms with van der Waals surface area (Å²) in [6.45, 7) is 0.627. The number of likely N-dealkylation sites (N-methyl/N-ethyl adjacent to an activating group) is 1. The second kappa shape index (κ2) is 7.51. The van der Waals surface area contributed by atoms with Crippen molar-refractivity contribution >= 4 is 40.5 Å². The monoisotopic (exact) mass is 456 g/mol. The number of para-hydroxylation sites is 2. The van der Waals surface area contributed by atoms with Gasteiger partial charge in [0.05, 0.1) is 11.0 Å². The van der Waals surface area contributed by atoms with E-state index < -0.39 is 11.6 Å². The van der Waals surface area contributed by atoms with E-state index in [0.717, 1.165) is 34.4 Å². The molecule has 0 radical (unpaired) electrons. The lowest BCUT2D eigenvalue weighted by molar-refractivity contribution is -0.135. The second-order valence-corrected chi connectivity index (χ2v) is 9.06.